The second-order valence-electron chi connectivity index (χ2n) is 10.0. The van der Waals surface area contributed by atoms with Crippen LogP contribution >= 0.6 is 0 Å². The summed E-state index contributed by atoms with van der Waals surface area (Å²) in [5, 5.41) is 11.3. The van der Waals surface area contributed by atoms with Gasteiger partial charge in [0.05, 0.1) is 29.1 Å². The number of aromatic amines is 2. The Hall–Kier alpha value is -4.40. The number of alkyl carbamates (subject to hydrolysis) is 1. The number of nitrogens with one attached hydrogen (secondary N) is 3. The van der Waals surface area contributed by atoms with Crippen LogP contribution in [0.15, 0.2) is 61.1 Å². The van der Waals surface area contributed by atoms with Gasteiger partial charge in [0.25, 0.3) is 0 Å². The van der Waals surface area contributed by atoms with Crippen LogP contribution in [0.25, 0.3) is 33.2 Å². The number of carbonyl (C=O) groups excluding carboxylic acids is 1. The maximum atomic E-state index is 12.6. The Bertz CT molecular complexity index is 1550. The number of hydrogen-bond acceptors (Lipinski definition) is 6. The van der Waals surface area contributed by atoms with Gasteiger partial charge in [-0.05, 0) is 63.9 Å². The van der Waals surface area contributed by atoms with Crippen molar-refractivity contribution in [2.24, 2.45) is 0 Å². The van der Waals surface area contributed by atoms with E-state index in [1.807, 2.05) is 70.3 Å². The van der Waals surface area contributed by atoms with Crippen molar-refractivity contribution in [3.63, 3.8) is 0 Å². The van der Waals surface area contributed by atoms with E-state index >= 15 is 0 Å². The molecule has 1 aromatic carbocycles. The molecule has 5 aromatic rings. The number of ether oxygens (including phenoxy) is 2. The number of nitrogens with zero attached hydrogens (tertiary/aromatic N) is 3. The first kappa shape index (κ1) is 24.3. The van der Waals surface area contributed by atoms with Gasteiger partial charge in [-0.1, -0.05) is 18.2 Å². The average Bonchev–Trinajstić information content (AvgIpc) is 3.44. The zero-order valence-electron chi connectivity index (χ0n) is 21.3. The summed E-state index contributed by atoms with van der Waals surface area (Å²) in [6.07, 6.45) is 5.45. The van der Waals surface area contributed by atoms with E-state index in [1.165, 1.54) is 0 Å². The molecule has 9 nitrogen and oxygen atoms in total. The summed E-state index contributed by atoms with van der Waals surface area (Å²) in [5.74, 6) is 0.582. The molecule has 1 amide bonds. The van der Waals surface area contributed by atoms with Crippen molar-refractivity contribution >= 4 is 28.0 Å². The maximum Gasteiger partial charge on any atom is 0.408 e. The third kappa shape index (κ3) is 5.72. The molecular weight excluding hydrogens is 468 g/mol. The summed E-state index contributed by atoms with van der Waals surface area (Å²) in [7, 11) is 0. The smallest absolute Gasteiger partial charge is 0.408 e. The molecule has 0 saturated carbocycles. The van der Waals surface area contributed by atoms with Crippen LogP contribution in [0, 0.1) is 6.92 Å². The molecule has 0 fully saturated rings. The molecule has 0 aliphatic carbocycles. The fourth-order valence-corrected chi connectivity index (χ4v) is 4.21. The number of amides is 1. The van der Waals surface area contributed by atoms with Gasteiger partial charge in [0.2, 0.25) is 0 Å². The summed E-state index contributed by atoms with van der Waals surface area (Å²) in [6, 6.07) is 13.5. The Kier molecular flexibility index (Phi) is 6.52. The predicted molar refractivity (Wildman–Crippen MR) is 143 cm³/mol. The van der Waals surface area contributed by atoms with Gasteiger partial charge in [0.15, 0.2) is 0 Å². The first-order valence-electron chi connectivity index (χ1n) is 12.2. The summed E-state index contributed by atoms with van der Waals surface area (Å²) in [6.45, 7) is 7.66. The Balaban J connectivity index is 1.34. The summed E-state index contributed by atoms with van der Waals surface area (Å²) >= 11 is 0. The maximum absolute atomic E-state index is 12.6. The fourth-order valence-electron chi connectivity index (χ4n) is 4.21. The third-order valence-electron chi connectivity index (χ3n) is 5.90. The molecule has 0 aliphatic rings. The number of pyridine rings is 2. The highest BCUT2D eigenvalue weighted by molar-refractivity contribution is 5.83. The Morgan fingerprint density at radius 3 is 2.78 bits per heavy atom. The molecular formula is C28H30N6O3. The Morgan fingerprint density at radius 2 is 1.95 bits per heavy atom. The highest BCUT2D eigenvalue weighted by Crippen LogP contribution is 2.25. The number of hydrogen-bond donors (Lipinski definition) is 3. The Labute approximate surface area is 214 Å². The molecule has 190 valence electrons. The topological polar surface area (TPSA) is 118 Å². The lowest BCUT2D eigenvalue weighted by atomic mass is 10.1. The molecule has 9 heteroatoms. The molecule has 3 N–H and O–H groups in total. The van der Waals surface area contributed by atoms with Crippen molar-refractivity contribution in [3.8, 4) is 17.0 Å². The fraction of sp³-hybridized carbons (Fsp3) is 0.286. The number of fused-ring (bicyclic) bond motifs is 2. The number of H-pyrrole nitrogens is 2. The molecule has 37 heavy (non-hydrogen) atoms. The minimum Gasteiger partial charge on any atom is -0.490 e. The van der Waals surface area contributed by atoms with E-state index in [9.17, 15) is 4.79 Å². The van der Waals surface area contributed by atoms with E-state index in [1.54, 1.807) is 12.4 Å². The van der Waals surface area contributed by atoms with Crippen LogP contribution in [-0.2, 0) is 11.2 Å². The molecule has 4 heterocycles. The zero-order valence-corrected chi connectivity index (χ0v) is 21.3. The van der Waals surface area contributed by atoms with Crippen molar-refractivity contribution in [1.29, 1.82) is 0 Å². The minimum atomic E-state index is -0.601. The van der Waals surface area contributed by atoms with Crippen molar-refractivity contribution in [1.82, 2.24) is 30.5 Å². The monoisotopic (exact) mass is 498 g/mol. The van der Waals surface area contributed by atoms with E-state index in [0.29, 0.717) is 12.2 Å². The van der Waals surface area contributed by atoms with Gasteiger partial charge >= 0.3 is 6.09 Å². The second-order valence-corrected chi connectivity index (χ2v) is 10.0. The normalized spacial score (nSPS) is 12.5. The molecule has 0 unspecified atom stereocenters. The standard InChI is InChI=1S/C28H30N6O3/c1-17-26-25(34-33-17)10-9-23(32-26)19-12-21(15-29-13-19)36-16-20(31-27(35)37-28(2,3)4)11-18-14-30-24-8-6-5-7-22(18)24/h5-10,12-15,20,30H,11,16H2,1-4H3,(H,31,35)(H,33,34)/t20-/m0/s1. The van der Waals surface area contributed by atoms with E-state index in [-0.39, 0.29) is 12.6 Å². The summed E-state index contributed by atoms with van der Waals surface area (Å²) < 4.78 is 11.6. The zero-order chi connectivity index (χ0) is 26.0. The van der Waals surface area contributed by atoms with Crippen LogP contribution in [0.2, 0.25) is 0 Å². The van der Waals surface area contributed by atoms with Crippen molar-refractivity contribution in [2.75, 3.05) is 6.61 Å². The van der Waals surface area contributed by atoms with Crippen LogP contribution in [0.5, 0.6) is 5.75 Å². The van der Waals surface area contributed by atoms with Crippen LogP contribution in [0.1, 0.15) is 32.0 Å². The van der Waals surface area contributed by atoms with Gasteiger partial charge in [0.1, 0.15) is 23.5 Å². The molecule has 0 radical (unpaired) electrons. The van der Waals surface area contributed by atoms with Gasteiger partial charge in [-0.25, -0.2) is 9.78 Å². The van der Waals surface area contributed by atoms with Gasteiger partial charge in [-0.15, -0.1) is 0 Å². The van der Waals surface area contributed by atoms with Crippen LogP contribution < -0.4 is 10.1 Å². The lowest BCUT2D eigenvalue weighted by Crippen LogP contribution is -2.43. The predicted octanol–water partition coefficient (Wildman–Crippen LogP) is 5.32. The highest BCUT2D eigenvalue weighted by atomic mass is 16.6. The van der Waals surface area contributed by atoms with Crippen molar-refractivity contribution in [2.45, 2.75) is 45.8 Å². The average molecular weight is 499 g/mol. The third-order valence-corrected chi connectivity index (χ3v) is 5.90. The summed E-state index contributed by atoms with van der Waals surface area (Å²) in [4.78, 5) is 25.0. The summed E-state index contributed by atoms with van der Waals surface area (Å²) in [5.41, 5.74) is 5.68. The Morgan fingerprint density at radius 1 is 1.11 bits per heavy atom. The molecule has 0 aliphatic heterocycles. The molecule has 5 rings (SSSR count). The van der Waals surface area contributed by atoms with Crippen molar-refractivity contribution < 1.29 is 14.3 Å². The molecule has 0 saturated heterocycles. The lowest BCUT2D eigenvalue weighted by Gasteiger charge is -2.24. The number of aromatic nitrogens is 5. The second kappa shape index (κ2) is 9.93. The lowest BCUT2D eigenvalue weighted by molar-refractivity contribution is 0.0488. The first-order chi connectivity index (χ1) is 17.7. The van der Waals surface area contributed by atoms with Gasteiger partial charge in [0, 0.05) is 28.9 Å². The molecule has 0 bridgehead atoms. The first-order valence-corrected chi connectivity index (χ1v) is 12.2. The van der Waals surface area contributed by atoms with E-state index in [2.05, 4.69) is 31.5 Å². The molecule has 1 atom stereocenters. The number of benzene rings is 1. The largest absolute Gasteiger partial charge is 0.490 e. The molecule has 4 aromatic heterocycles. The number of para-hydroxylation sites is 1. The van der Waals surface area contributed by atoms with E-state index in [0.717, 1.165) is 44.5 Å². The number of rotatable bonds is 7. The van der Waals surface area contributed by atoms with Gasteiger partial charge in [-0.2, -0.15) is 5.10 Å². The van der Waals surface area contributed by atoms with Crippen LogP contribution in [-0.4, -0.2) is 49.5 Å². The number of carbonyl (C=O) groups is 1. The SMILES string of the molecule is Cc1n[nH]c2ccc(-c3cncc(OC[C@H](Cc4c[nH]c5ccccc45)NC(=O)OC(C)(C)C)c3)nc12. The number of aryl methyl sites for hydroxylation is 1. The highest BCUT2D eigenvalue weighted by Gasteiger charge is 2.21. The van der Waals surface area contributed by atoms with Gasteiger partial charge < -0.3 is 19.8 Å². The minimum absolute atomic E-state index is 0.233. The van der Waals surface area contributed by atoms with Crippen LogP contribution in [0.4, 0.5) is 4.79 Å². The quantitative estimate of drug-likeness (QED) is 0.279. The van der Waals surface area contributed by atoms with Gasteiger partial charge in [-0.3, -0.25) is 10.1 Å². The van der Waals surface area contributed by atoms with E-state index < -0.39 is 11.7 Å². The van der Waals surface area contributed by atoms with Crippen LogP contribution in [0.3, 0.4) is 0 Å². The van der Waals surface area contributed by atoms with Crippen molar-refractivity contribution in [3.05, 3.63) is 72.3 Å². The molecule has 0 spiro atoms. The van der Waals surface area contributed by atoms with E-state index in [4.69, 9.17) is 14.5 Å².